The van der Waals surface area contributed by atoms with Gasteiger partial charge in [0, 0.05) is 10.9 Å². The molecule has 2 aromatic carbocycles. The summed E-state index contributed by atoms with van der Waals surface area (Å²) in [5, 5.41) is 4.31. The Morgan fingerprint density at radius 2 is 1.70 bits per heavy atom. The number of carbonyl (C=O) groups is 1. The second-order valence-electron chi connectivity index (χ2n) is 4.62. The second kappa shape index (κ2) is 5.13. The quantitative estimate of drug-likeness (QED) is 0.720. The molecule has 1 aromatic heterocycles. The van der Waals surface area contributed by atoms with Crippen molar-refractivity contribution < 1.29 is 4.79 Å². The van der Waals surface area contributed by atoms with Gasteiger partial charge in [-0.15, -0.1) is 0 Å². The highest BCUT2D eigenvalue weighted by molar-refractivity contribution is 6.00. The summed E-state index contributed by atoms with van der Waals surface area (Å²) in [5.41, 5.74) is 2.38. The van der Waals surface area contributed by atoms with E-state index in [0.717, 1.165) is 22.4 Å². The molecule has 3 nitrogen and oxygen atoms in total. The van der Waals surface area contributed by atoms with Gasteiger partial charge in [0.05, 0.1) is 11.2 Å². The van der Waals surface area contributed by atoms with Crippen molar-refractivity contribution in [2.24, 2.45) is 0 Å². The maximum atomic E-state index is 11.6. The van der Waals surface area contributed by atoms with Gasteiger partial charge in [-0.1, -0.05) is 30.3 Å². The second-order valence-corrected chi connectivity index (χ2v) is 4.62. The highest BCUT2D eigenvalue weighted by atomic mass is 16.1. The van der Waals surface area contributed by atoms with Gasteiger partial charge in [0.1, 0.15) is 5.82 Å². The lowest BCUT2D eigenvalue weighted by Crippen LogP contribution is -2.01. The predicted molar refractivity (Wildman–Crippen MR) is 81.5 cm³/mol. The summed E-state index contributed by atoms with van der Waals surface area (Å²) in [7, 11) is 0. The van der Waals surface area contributed by atoms with Gasteiger partial charge in [-0.05, 0) is 37.3 Å². The number of fused-ring (bicyclic) bond motifs is 1. The number of Topliss-reactive ketones (excluding diaryl/α,β-unsaturated/α-hetero) is 1. The Morgan fingerprint density at radius 1 is 0.950 bits per heavy atom. The third-order valence-electron chi connectivity index (χ3n) is 3.17. The molecular weight excluding hydrogens is 248 g/mol. The number of para-hydroxylation sites is 2. The van der Waals surface area contributed by atoms with Gasteiger partial charge in [0.15, 0.2) is 5.78 Å². The average Bonchev–Trinajstić information content (AvgIpc) is 2.47. The van der Waals surface area contributed by atoms with E-state index in [1.165, 1.54) is 0 Å². The first-order valence-electron chi connectivity index (χ1n) is 6.47. The first-order valence-corrected chi connectivity index (χ1v) is 6.47. The minimum absolute atomic E-state index is 0.0360. The molecule has 98 valence electrons. The average molecular weight is 262 g/mol. The van der Waals surface area contributed by atoms with Crippen LogP contribution in [0.25, 0.3) is 10.9 Å². The van der Waals surface area contributed by atoms with Crippen molar-refractivity contribution in [3.05, 3.63) is 66.2 Å². The molecule has 0 atom stereocenters. The first kappa shape index (κ1) is 12.4. The zero-order valence-electron chi connectivity index (χ0n) is 11.1. The Kier molecular flexibility index (Phi) is 3.17. The van der Waals surface area contributed by atoms with Gasteiger partial charge in [0.25, 0.3) is 0 Å². The van der Waals surface area contributed by atoms with E-state index >= 15 is 0 Å². The highest BCUT2D eigenvalue weighted by Gasteiger charge is 2.07. The molecule has 0 fully saturated rings. The number of carbonyl (C=O) groups excluding carboxylic acids is 1. The topological polar surface area (TPSA) is 42.0 Å². The number of ketones is 1. The zero-order chi connectivity index (χ0) is 13.9. The number of nitrogens with one attached hydrogen (secondary N) is 1. The van der Waals surface area contributed by atoms with Crippen molar-refractivity contribution in [1.29, 1.82) is 0 Å². The summed E-state index contributed by atoms with van der Waals surface area (Å²) in [6.45, 7) is 1.56. The Labute approximate surface area is 117 Å². The van der Waals surface area contributed by atoms with Crippen molar-refractivity contribution in [1.82, 2.24) is 4.98 Å². The Balaban J connectivity index is 1.99. The van der Waals surface area contributed by atoms with Crippen LogP contribution < -0.4 is 5.32 Å². The molecule has 0 aliphatic carbocycles. The van der Waals surface area contributed by atoms with Crippen molar-refractivity contribution in [2.45, 2.75) is 6.92 Å². The SMILES string of the molecule is CC(=O)c1ccccc1Nc1ccc2ccccc2n1. The van der Waals surface area contributed by atoms with Crippen LogP contribution in [-0.2, 0) is 0 Å². The Morgan fingerprint density at radius 3 is 2.55 bits per heavy atom. The lowest BCUT2D eigenvalue weighted by atomic mass is 10.1. The summed E-state index contributed by atoms with van der Waals surface area (Å²) in [5.74, 6) is 0.770. The molecule has 3 heteroatoms. The number of pyridine rings is 1. The molecule has 20 heavy (non-hydrogen) atoms. The minimum Gasteiger partial charge on any atom is -0.340 e. The molecule has 0 amide bonds. The lowest BCUT2D eigenvalue weighted by Gasteiger charge is -2.10. The van der Waals surface area contributed by atoms with Crippen LogP contribution in [0.5, 0.6) is 0 Å². The Hall–Kier alpha value is -2.68. The molecule has 0 saturated carbocycles. The fourth-order valence-electron chi connectivity index (χ4n) is 2.17. The standard InChI is InChI=1S/C17H14N2O/c1-12(20)14-7-3-5-9-16(14)19-17-11-10-13-6-2-4-8-15(13)18-17/h2-11H,1H3,(H,18,19). The molecule has 3 aromatic rings. The van der Waals surface area contributed by atoms with Crippen LogP contribution in [0.3, 0.4) is 0 Å². The van der Waals surface area contributed by atoms with E-state index in [0.29, 0.717) is 5.56 Å². The van der Waals surface area contributed by atoms with Gasteiger partial charge in [-0.25, -0.2) is 4.98 Å². The van der Waals surface area contributed by atoms with Crippen molar-refractivity contribution >= 4 is 28.2 Å². The third kappa shape index (κ3) is 2.38. The van der Waals surface area contributed by atoms with E-state index in [1.54, 1.807) is 6.92 Å². The number of nitrogens with zero attached hydrogens (tertiary/aromatic N) is 1. The number of aromatic nitrogens is 1. The van der Waals surface area contributed by atoms with E-state index < -0.39 is 0 Å². The van der Waals surface area contributed by atoms with Gasteiger partial charge >= 0.3 is 0 Å². The van der Waals surface area contributed by atoms with Crippen LogP contribution in [0.2, 0.25) is 0 Å². The van der Waals surface area contributed by atoms with Crippen molar-refractivity contribution in [3.63, 3.8) is 0 Å². The smallest absolute Gasteiger partial charge is 0.161 e. The van der Waals surface area contributed by atoms with E-state index in [9.17, 15) is 4.79 Å². The van der Waals surface area contributed by atoms with Crippen LogP contribution in [0.4, 0.5) is 11.5 Å². The minimum atomic E-state index is 0.0360. The molecule has 0 radical (unpaired) electrons. The van der Waals surface area contributed by atoms with Crippen molar-refractivity contribution in [2.75, 3.05) is 5.32 Å². The highest BCUT2D eigenvalue weighted by Crippen LogP contribution is 2.22. The number of hydrogen-bond acceptors (Lipinski definition) is 3. The molecular formula is C17H14N2O. The number of hydrogen-bond donors (Lipinski definition) is 1. The predicted octanol–water partition coefficient (Wildman–Crippen LogP) is 4.18. The van der Waals surface area contributed by atoms with Crippen LogP contribution in [-0.4, -0.2) is 10.8 Å². The maximum absolute atomic E-state index is 11.6. The summed E-state index contributed by atoms with van der Waals surface area (Å²) in [4.78, 5) is 16.2. The van der Waals surface area contributed by atoms with Gasteiger partial charge in [-0.3, -0.25) is 4.79 Å². The van der Waals surface area contributed by atoms with Gasteiger partial charge < -0.3 is 5.32 Å². The van der Waals surface area contributed by atoms with Gasteiger partial charge in [-0.2, -0.15) is 0 Å². The van der Waals surface area contributed by atoms with E-state index in [4.69, 9.17) is 0 Å². The molecule has 0 aliphatic rings. The monoisotopic (exact) mass is 262 g/mol. The molecule has 0 unspecified atom stereocenters. The number of anilines is 2. The van der Waals surface area contributed by atoms with Crippen molar-refractivity contribution in [3.8, 4) is 0 Å². The summed E-state index contributed by atoms with van der Waals surface area (Å²) in [6.07, 6.45) is 0. The molecule has 0 bridgehead atoms. The van der Waals surface area contributed by atoms with Crippen LogP contribution in [0.15, 0.2) is 60.7 Å². The fourth-order valence-corrected chi connectivity index (χ4v) is 2.17. The third-order valence-corrected chi connectivity index (χ3v) is 3.17. The van der Waals surface area contributed by atoms with E-state index in [1.807, 2.05) is 60.7 Å². The number of rotatable bonds is 3. The molecule has 0 aliphatic heterocycles. The normalized spacial score (nSPS) is 10.4. The number of benzene rings is 2. The summed E-state index contributed by atoms with van der Waals surface area (Å²) >= 11 is 0. The molecule has 0 spiro atoms. The van der Waals surface area contributed by atoms with Crippen LogP contribution in [0, 0.1) is 0 Å². The summed E-state index contributed by atoms with van der Waals surface area (Å²) < 4.78 is 0. The van der Waals surface area contributed by atoms with Gasteiger partial charge in [0.2, 0.25) is 0 Å². The first-order chi connectivity index (χ1) is 9.74. The summed E-state index contributed by atoms with van der Waals surface area (Å²) in [6, 6.07) is 19.3. The fraction of sp³-hybridized carbons (Fsp3) is 0.0588. The molecule has 1 N–H and O–H groups in total. The van der Waals surface area contributed by atoms with E-state index in [2.05, 4.69) is 10.3 Å². The Bertz CT molecular complexity index is 781. The maximum Gasteiger partial charge on any atom is 0.161 e. The zero-order valence-corrected chi connectivity index (χ0v) is 11.1. The van der Waals surface area contributed by atoms with Crippen LogP contribution >= 0.6 is 0 Å². The molecule has 3 rings (SSSR count). The van der Waals surface area contributed by atoms with E-state index in [-0.39, 0.29) is 5.78 Å². The van der Waals surface area contributed by atoms with Crippen LogP contribution in [0.1, 0.15) is 17.3 Å². The molecule has 0 saturated heterocycles. The lowest BCUT2D eigenvalue weighted by molar-refractivity contribution is 0.101. The molecule has 1 heterocycles. The largest absolute Gasteiger partial charge is 0.340 e.